The molecule has 0 aliphatic rings. The summed E-state index contributed by atoms with van der Waals surface area (Å²) in [6, 6.07) is 8.33. The molecule has 0 unspecified atom stereocenters. The predicted molar refractivity (Wildman–Crippen MR) is 81.5 cm³/mol. The Morgan fingerprint density at radius 2 is 1.89 bits per heavy atom. The van der Waals surface area contributed by atoms with Crippen LogP contribution in [-0.2, 0) is 5.75 Å². The van der Waals surface area contributed by atoms with Crippen molar-refractivity contribution >= 4 is 11.8 Å². The third-order valence-electron chi connectivity index (χ3n) is 2.77. The first-order valence-corrected chi connectivity index (χ1v) is 7.53. The minimum Gasteiger partial charge on any atom is -0.497 e. The van der Waals surface area contributed by atoms with E-state index in [9.17, 15) is 0 Å². The molecule has 1 aromatic carbocycles. The molecule has 2 nitrogen and oxygen atoms in total. The Hall–Kier alpha value is -0.670. The third kappa shape index (κ3) is 5.78. The average Bonchev–Trinajstić information content (AvgIpc) is 2.37. The quantitative estimate of drug-likeness (QED) is 0.726. The van der Waals surface area contributed by atoms with Crippen LogP contribution in [0.25, 0.3) is 0 Å². The number of hydrogen-bond donors (Lipinski definition) is 1. The van der Waals surface area contributed by atoms with Gasteiger partial charge in [0.2, 0.25) is 0 Å². The molecule has 0 atom stereocenters. The molecule has 0 fully saturated rings. The lowest BCUT2D eigenvalue weighted by molar-refractivity contribution is 0.414. The molecule has 0 aliphatic heterocycles. The summed E-state index contributed by atoms with van der Waals surface area (Å²) in [7, 11) is 1.70. The first-order valence-electron chi connectivity index (χ1n) is 6.55. The summed E-state index contributed by atoms with van der Waals surface area (Å²) in [4.78, 5) is 0. The lowest BCUT2D eigenvalue weighted by atomic mass is 10.2. The Labute approximate surface area is 116 Å². The first-order chi connectivity index (χ1) is 8.57. The van der Waals surface area contributed by atoms with Crippen LogP contribution in [0, 0.1) is 0 Å². The highest BCUT2D eigenvalue weighted by Crippen LogP contribution is 2.28. The Morgan fingerprint density at radius 3 is 2.44 bits per heavy atom. The minimum atomic E-state index is 0.273. The normalized spacial score (nSPS) is 11.6. The fourth-order valence-corrected chi connectivity index (χ4v) is 2.57. The van der Waals surface area contributed by atoms with Crippen LogP contribution in [0.1, 0.15) is 32.8 Å². The van der Waals surface area contributed by atoms with E-state index in [-0.39, 0.29) is 4.75 Å². The molecule has 0 spiro atoms. The van der Waals surface area contributed by atoms with Crippen LogP contribution in [-0.4, -0.2) is 24.9 Å². The summed E-state index contributed by atoms with van der Waals surface area (Å²) < 4.78 is 5.44. The second-order valence-corrected chi connectivity index (χ2v) is 6.76. The molecule has 1 rings (SSSR count). The molecule has 0 bridgehead atoms. The highest BCUT2D eigenvalue weighted by Gasteiger charge is 2.17. The second kappa shape index (κ2) is 7.70. The summed E-state index contributed by atoms with van der Waals surface area (Å²) >= 11 is 1.99. The molecule has 18 heavy (non-hydrogen) atoms. The van der Waals surface area contributed by atoms with E-state index < -0.39 is 0 Å². The van der Waals surface area contributed by atoms with E-state index >= 15 is 0 Å². The molecule has 102 valence electrons. The zero-order chi connectivity index (χ0) is 13.4. The Morgan fingerprint density at radius 1 is 1.22 bits per heavy atom. The SMILES string of the molecule is CCCNCC(C)(C)SCc1ccc(OC)cc1. The smallest absolute Gasteiger partial charge is 0.118 e. The zero-order valence-corrected chi connectivity index (χ0v) is 12.8. The van der Waals surface area contributed by atoms with Gasteiger partial charge in [-0.3, -0.25) is 0 Å². The Balaban J connectivity index is 2.37. The molecule has 0 aliphatic carbocycles. The molecule has 0 amide bonds. The summed E-state index contributed by atoms with van der Waals surface area (Å²) in [5.74, 6) is 1.97. The maximum atomic E-state index is 5.16. The molecule has 3 heteroatoms. The number of benzene rings is 1. The lowest BCUT2D eigenvalue weighted by Gasteiger charge is -2.24. The topological polar surface area (TPSA) is 21.3 Å². The van der Waals surface area contributed by atoms with Crippen molar-refractivity contribution in [1.82, 2.24) is 5.32 Å². The third-order valence-corrected chi connectivity index (χ3v) is 4.17. The van der Waals surface area contributed by atoms with E-state index in [2.05, 4.69) is 38.2 Å². The molecule has 0 saturated heterocycles. The van der Waals surface area contributed by atoms with Gasteiger partial charge < -0.3 is 10.1 Å². The Kier molecular flexibility index (Phi) is 6.58. The van der Waals surface area contributed by atoms with Crippen molar-refractivity contribution in [3.63, 3.8) is 0 Å². The molecule has 0 radical (unpaired) electrons. The van der Waals surface area contributed by atoms with Crippen LogP contribution in [0.2, 0.25) is 0 Å². The van der Waals surface area contributed by atoms with Crippen molar-refractivity contribution in [3.05, 3.63) is 29.8 Å². The van der Waals surface area contributed by atoms with Crippen LogP contribution in [0.4, 0.5) is 0 Å². The van der Waals surface area contributed by atoms with Gasteiger partial charge in [-0.2, -0.15) is 0 Å². The van der Waals surface area contributed by atoms with Gasteiger partial charge in [0.05, 0.1) is 7.11 Å². The molecule has 1 aromatic rings. The fourth-order valence-electron chi connectivity index (χ4n) is 1.62. The van der Waals surface area contributed by atoms with Crippen molar-refractivity contribution in [2.24, 2.45) is 0 Å². The molecular weight excluding hydrogens is 242 g/mol. The largest absolute Gasteiger partial charge is 0.497 e. The standard InChI is InChI=1S/C15H25NOS/c1-5-10-16-12-15(2,3)18-11-13-6-8-14(17-4)9-7-13/h6-9,16H,5,10-12H2,1-4H3. The van der Waals surface area contributed by atoms with Gasteiger partial charge in [0.15, 0.2) is 0 Å². The number of methoxy groups -OCH3 is 1. The van der Waals surface area contributed by atoms with Crippen molar-refractivity contribution in [2.75, 3.05) is 20.2 Å². The molecular formula is C15H25NOS. The van der Waals surface area contributed by atoms with Crippen molar-refractivity contribution in [1.29, 1.82) is 0 Å². The summed E-state index contributed by atoms with van der Waals surface area (Å²) in [5, 5.41) is 3.49. The first kappa shape index (κ1) is 15.4. The van der Waals surface area contributed by atoms with Gasteiger partial charge in [-0.05, 0) is 44.5 Å². The molecule has 0 saturated carbocycles. The highest BCUT2D eigenvalue weighted by molar-refractivity contribution is 7.99. The maximum absolute atomic E-state index is 5.16. The van der Waals surface area contributed by atoms with Crippen molar-refractivity contribution in [2.45, 2.75) is 37.7 Å². The Bertz CT molecular complexity index is 335. The average molecular weight is 267 g/mol. The van der Waals surface area contributed by atoms with Gasteiger partial charge in [-0.1, -0.05) is 19.1 Å². The van der Waals surface area contributed by atoms with Crippen LogP contribution >= 0.6 is 11.8 Å². The van der Waals surface area contributed by atoms with Crippen molar-refractivity contribution < 1.29 is 4.74 Å². The van der Waals surface area contributed by atoms with E-state index in [1.54, 1.807) is 7.11 Å². The number of thioether (sulfide) groups is 1. The molecule has 0 heterocycles. The molecule has 1 N–H and O–H groups in total. The minimum absolute atomic E-state index is 0.273. The van der Waals surface area contributed by atoms with Gasteiger partial charge in [0, 0.05) is 17.0 Å². The van der Waals surface area contributed by atoms with E-state index in [0.717, 1.165) is 24.6 Å². The molecule has 0 aromatic heterocycles. The van der Waals surface area contributed by atoms with Gasteiger partial charge in [-0.25, -0.2) is 0 Å². The van der Waals surface area contributed by atoms with Gasteiger partial charge >= 0.3 is 0 Å². The van der Waals surface area contributed by atoms with Crippen LogP contribution in [0.3, 0.4) is 0 Å². The number of nitrogens with one attached hydrogen (secondary N) is 1. The number of rotatable bonds is 8. The lowest BCUT2D eigenvalue weighted by Crippen LogP contribution is -2.32. The second-order valence-electron chi connectivity index (χ2n) is 5.07. The van der Waals surface area contributed by atoms with E-state index in [0.29, 0.717) is 0 Å². The van der Waals surface area contributed by atoms with Gasteiger partial charge in [-0.15, -0.1) is 11.8 Å². The summed E-state index contributed by atoms with van der Waals surface area (Å²) in [6.07, 6.45) is 1.19. The van der Waals surface area contributed by atoms with Crippen molar-refractivity contribution in [3.8, 4) is 5.75 Å². The number of ether oxygens (including phenoxy) is 1. The van der Waals surface area contributed by atoms with E-state index in [1.807, 2.05) is 23.9 Å². The predicted octanol–water partition coefficient (Wildman–Crippen LogP) is 3.71. The fraction of sp³-hybridized carbons (Fsp3) is 0.600. The number of hydrogen-bond acceptors (Lipinski definition) is 3. The van der Waals surface area contributed by atoms with Crippen LogP contribution in [0.5, 0.6) is 5.75 Å². The van der Waals surface area contributed by atoms with E-state index in [4.69, 9.17) is 4.74 Å². The van der Waals surface area contributed by atoms with Gasteiger partial charge in [0.25, 0.3) is 0 Å². The van der Waals surface area contributed by atoms with Gasteiger partial charge in [0.1, 0.15) is 5.75 Å². The zero-order valence-electron chi connectivity index (χ0n) is 12.0. The monoisotopic (exact) mass is 267 g/mol. The summed E-state index contributed by atoms with van der Waals surface area (Å²) in [5.41, 5.74) is 1.35. The van der Waals surface area contributed by atoms with E-state index in [1.165, 1.54) is 12.0 Å². The van der Waals surface area contributed by atoms with Crippen LogP contribution in [0.15, 0.2) is 24.3 Å². The maximum Gasteiger partial charge on any atom is 0.118 e. The summed E-state index contributed by atoms with van der Waals surface area (Å²) in [6.45, 7) is 8.95. The highest BCUT2D eigenvalue weighted by atomic mass is 32.2. The van der Waals surface area contributed by atoms with Crippen LogP contribution < -0.4 is 10.1 Å².